The van der Waals surface area contributed by atoms with E-state index in [4.69, 9.17) is 4.74 Å². The van der Waals surface area contributed by atoms with Crippen LogP contribution in [0, 0.1) is 0 Å². The molecular formula is C16H24N6O2. The van der Waals surface area contributed by atoms with Crippen molar-refractivity contribution in [3.63, 3.8) is 0 Å². The second-order valence-corrected chi connectivity index (χ2v) is 6.84. The molecule has 3 rings (SSSR count). The lowest BCUT2D eigenvalue weighted by Gasteiger charge is -2.27. The highest BCUT2D eigenvalue weighted by Gasteiger charge is 2.24. The maximum atomic E-state index is 12.1. The van der Waals surface area contributed by atoms with E-state index >= 15 is 0 Å². The molecule has 2 aromatic rings. The summed E-state index contributed by atoms with van der Waals surface area (Å²) in [6.45, 7) is 10.0. The first kappa shape index (κ1) is 16.5. The molecule has 1 aliphatic rings. The molecule has 0 aliphatic carbocycles. The Balaban J connectivity index is 1.93. The van der Waals surface area contributed by atoms with Crippen molar-refractivity contribution < 1.29 is 9.53 Å². The highest BCUT2D eigenvalue weighted by atomic mass is 16.6. The Bertz CT molecular complexity index is 745. The van der Waals surface area contributed by atoms with Crippen LogP contribution in [0.2, 0.25) is 0 Å². The maximum absolute atomic E-state index is 12.1. The molecule has 2 aromatic heterocycles. The number of carbonyl (C=O) groups excluding carboxylic acids is 1. The SMILES string of the molecule is CCNc1c(NC(=O)OC(C)(C)C)cnc2c1cnn2C1CNC1. The fourth-order valence-electron chi connectivity index (χ4n) is 2.59. The van der Waals surface area contributed by atoms with E-state index in [0.29, 0.717) is 11.7 Å². The van der Waals surface area contributed by atoms with E-state index in [2.05, 4.69) is 26.0 Å². The number of rotatable bonds is 4. The van der Waals surface area contributed by atoms with Gasteiger partial charge in [-0.3, -0.25) is 5.32 Å². The van der Waals surface area contributed by atoms with Crippen molar-refractivity contribution in [3.8, 4) is 0 Å². The Kier molecular flexibility index (Phi) is 4.31. The minimum Gasteiger partial charge on any atom is -0.444 e. The lowest BCUT2D eigenvalue weighted by atomic mass is 10.2. The Labute approximate surface area is 141 Å². The van der Waals surface area contributed by atoms with Crippen molar-refractivity contribution in [1.82, 2.24) is 20.1 Å². The topological polar surface area (TPSA) is 93.1 Å². The van der Waals surface area contributed by atoms with Crippen molar-refractivity contribution in [2.24, 2.45) is 0 Å². The van der Waals surface area contributed by atoms with E-state index in [9.17, 15) is 4.79 Å². The number of amides is 1. The minimum atomic E-state index is -0.554. The maximum Gasteiger partial charge on any atom is 0.412 e. The van der Waals surface area contributed by atoms with E-state index in [1.807, 2.05) is 32.4 Å². The molecule has 1 aliphatic heterocycles. The van der Waals surface area contributed by atoms with Gasteiger partial charge in [-0.1, -0.05) is 0 Å². The van der Waals surface area contributed by atoms with Crippen LogP contribution in [0.4, 0.5) is 16.2 Å². The molecule has 3 heterocycles. The molecule has 1 fully saturated rings. The van der Waals surface area contributed by atoms with Gasteiger partial charge in [-0.15, -0.1) is 0 Å². The number of anilines is 2. The quantitative estimate of drug-likeness (QED) is 0.796. The van der Waals surface area contributed by atoms with Gasteiger partial charge >= 0.3 is 6.09 Å². The highest BCUT2D eigenvalue weighted by molar-refractivity contribution is 6.00. The minimum absolute atomic E-state index is 0.328. The molecule has 0 bridgehead atoms. The summed E-state index contributed by atoms with van der Waals surface area (Å²) in [7, 11) is 0. The van der Waals surface area contributed by atoms with Crippen LogP contribution in [-0.2, 0) is 4.74 Å². The van der Waals surface area contributed by atoms with Crippen LogP contribution in [0.5, 0.6) is 0 Å². The smallest absolute Gasteiger partial charge is 0.412 e. The number of ether oxygens (including phenoxy) is 1. The van der Waals surface area contributed by atoms with Crippen molar-refractivity contribution >= 4 is 28.5 Å². The first-order chi connectivity index (χ1) is 11.4. The third kappa shape index (κ3) is 3.28. The molecule has 8 nitrogen and oxygen atoms in total. The predicted molar refractivity (Wildman–Crippen MR) is 93.5 cm³/mol. The van der Waals surface area contributed by atoms with Crippen LogP contribution in [0.15, 0.2) is 12.4 Å². The molecular weight excluding hydrogens is 308 g/mol. The number of fused-ring (bicyclic) bond motifs is 1. The van der Waals surface area contributed by atoms with Crippen LogP contribution in [-0.4, -0.2) is 46.1 Å². The number of hydrogen-bond acceptors (Lipinski definition) is 6. The largest absolute Gasteiger partial charge is 0.444 e. The summed E-state index contributed by atoms with van der Waals surface area (Å²) in [6.07, 6.45) is 2.94. The van der Waals surface area contributed by atoms with Crippen LogP contribution < -0.4 is 16.0 Å². The molecule has 0 saturated carbocycles. The van der Waals surface area contributed by atoms with E-state index in [1.165, 1.54) is 0 Å². The predicted octanol–water partition coefficient (Wildman–Crippen LogP) is 2.35. The Morgan fingerprint density at radius 1 is 1.42 bits per heavy atom. The molecule has 1 saturated heterocycles. The summed E-state index contributed by atoms with van der Waals surface area (Å²) >= 11 is 0. The standard InChI is InChI=1S/C16H24N6O2/c1-5-18-13-11-8-20-22(10-6-17-7-10)14(11)19-9-12(13)21-15(23)24-16(2,3)4/h8-10,17H,5-7H2,1-4H3,(H,18,19)(H,21,23). The van der Waals surface area contributed by atoms with E-state index in [1.54, 1.807) is 12.4 Å². The van der Waals surface area contributed by atoms with Gasteiger partial charge < -0.3 is 15.4 Å². The van der Waals surface area contributed by atoms with Gasteiger partial charge in [0.05, 0.1) is 35.2 Å². The van der Waals surface area contributed by atoms with Gasteiger partial charge in [0, 0.05) is 19.6 Å². The van der Waals surface area contributed by atoms with Gasteiger partial charge in [0.15, 0.2) is 5.65 Å². The molecule has 130 valence electrons. The van der Waals surface area contributed by atoms with E-state index in [-0.39, 0.29) is 0 Å². The van der Waals surface area contributed by atoms with Crippen molar-refractivity contribution in [2.75, 3.05) is 30.3 Å². The van der Waals surface area contributed by atoms with Gasteiger partial charge in [-0.2, -0.15) is 5.10 Å². The number of hydrogen-bond donors (Lipinski definition) is 3. The Morgan fingerprint density at radius 2 is 2.17 bits per heavy atom. The zero-order valence-electron chi connectivity index (χ0n) is 14.5. The van der Waals surface area contributed by atoms with Crippen LogP contribution in [0.1, 0.15) is 33.7 Å². The first-order valence-corrected chi connectivity index (χ1v) is 8.20. The molecule has 0 aromatic carbocycles. The van der Waals surface area contributed by atoms with Gasteiger partial charge in [0.1, 0.15) is 5.60 Å². The van der Waals surface area contributed by atoms with E-state index in [0.717, 1.165) is 36.4 Å². The summed E-state index contributed by atoms with van der Waals surface area (Å²) < 4.78 is 7.26. The summed E-state index contributed by atoms with van der Waals surface area (Å²) in [5, 5.41) is 14.7. The number of pyridine rings is 1. The number of aromatic nitrogens is 3. The lowest BCUT2D eigenvalue weighted by Crippen LogP contribution is -2.43. The first-order valence-electron chi connectivity index (χ1n) is 8.20. The van der Waals surface area contributed by atoms with Gasteiger partial charge in [-0.05, 0) is 27.7 Å². The number of nitrogens with zero attached hydrogens (tertiary/aromatic N) is 3. The van der Waals surface area contributed by atoms with Crippen LogP contribution >= 0.6 is 0 Å². The number of carbonyl (C=O) groups is 1. The Hall–Kier alpha value is -2.35. The Morgan fingerprint density at radius 3 is 2.75 bits per heavy atom. The monoisotopic (exact) mass is 332 g/mol. The van der Waals surface area contributed by atoms with Crippen LogP contribution in [0.25, 0.3) is 11.0 Å². The summed E-state index contributed by atoms with van der Waals surface area (Å²) in [5.41, 5.74) is 1.66. The van der Waals surface area contributed by atoms with E-state index < -0.39 is 11.7 Å². The fraction of sp³-hybridized carbons (Fsp3) is 0.562. The van der Waals surface area contributed by atoms with Crippen molar-refractivity contribution in [2.45, 2.75) is 39.3 Å². The number of nitrogens with one attached hydrogen (secondary N) is 3. The van der Waals surface area contributed by atoms with Gasteiger partial charge in [-0.25, -0.2) is 14.5 Å². The summed E-state index contributed by atoms with van der Waals surface area (Å²) in [6, 6.07) is 0.328. The van der Waals surface area contributed by atoms with Crippen molar-refractivity contribution in [3.05, 3.63) is 12.4 Å². The molecule has 1 amide bonds. The zero-order chi connectivity index (χ0) is 17.3. The highest BCUT2D eigenvalue weighted by Crippen LogP contribution is 2.31. The summed E-state index contributed by atoms with van der Waals surface area (Å²) in [5.74, 6) is 0. The van der Waals surface area contributed by atoms with Crippen LogP contribution in [0.3, 0.4) is 0 Å². The van der Waals surface area contributed by atoms with Gasteiger partial charge in [0.25, 0.3) is 0 Å². The molecule has 0 spiro atoms. The third-order valence-electron chi connectivity index (χ3n) is 3.72. The molecule has 8 heteroatoms. The van der Waals surface area contributed by atoms with Gasteiger partial charge in [0.2, 0.25) is 0 Å². The second-order valence-electron chi connectivity index (χ2n) is 6.84. The summed E-state index contributed by atoms with van der Waals surface area (Å²) in [4.78, 5) is 16.6. The normalized spacial score (nSPS) is 15.2. The van der Waals surface area contributed by atoms with Crippen molar-refractivity contribution in [1.29, 1.82) is 0 Å². The second kappa shape index (κ2) is 6.27. The third-order valence-corrected chi connectivity index (χ3v) is 3.72. The fourth-order valence-corrected chi connectivity index (χ4v) is 2.59. The molecule has 0 radical (unpaired) electrons. The lowest BCUT2D eigenvalue weighted by molar-refractivity contribution is 0.0636. The molecule has 3 N–H and O–H groups in total. The molecule has 0 atom stereocenters. The molecule has 24 heavy (non-hydrogen) atoms. The average Bonchev–Trinajstić information content (AvgIpc) is 2.81. The average molecular weight is 332 g/mol. The molecule has 0 unspecified atom stereocenters. The zero-order valence-corrected chi connectivity index (χ0v) is 14.5.